The van der Waals surface area contributed by atoms with Crippen LogP contribution in [0.4, 0.5) is 10.6 Å². The van der Waals surface area contributed by atoms with Gasteiger partial charge in [0, 0.05) is 18.3 Å². The number of piperidine rings is 1. The number of amides is 2. The van der Waals surface area contributed by atoms with Gasteiger partial charge in [-0.2, -0.15) is 0 Å². The number of pyridine rings is 1. The molecule has 2 amide bonds. The molecule has 1 aromatic heterocycles. The number of nitrogens with zero attached hydrogens (tertiary/aromatic N) is 2. The summed E-state index contributed by atoms with van der Waals surface area (Å²) in [4.78, 5) is 17.9. The predicted octanol–water partition coefficient (Wildman–Crippen LogP) is 2.81. The Morgan fingerprint density at radius 1 is 1.50 bits per heavy atom. The van der Waals surface area contributed by atoms with Gasteiger partial charge in [-0.15, -0.1) is 0 Å². The van der Waals surface area contributed by atoms with Crippen molar-refractivity contribution in [1.29, 1.82) is 0 Å². The highest BCUT2D eigenvalue weighted by atomic mass is 35.5. The van der Waals surface area contributed by atoms with E-state index in [0.717, 1.165) is 31.4 Å². The van der Waals surface area contributed by atoms with E-state index >= 15 is 0 Å². The molecule has 1 saturated heterocycles. The zero-order valence-electron chi connectivity index (χ0n) is 8.74. The molecule has 0 bridgehead atoms. The molecule has 16 heavy (non-hydrogen) atoms. The Bertz CT molecular complexity index is 449. The molecule has 1 unspecified atom stereocenters. The maximum Gasteiger partial charge on any atom is 0.323 e. The molecule has 4 nitrogen and oxygen atoms in total. The van der Waals surface area contributed by atoms with Crippen LogP contribution >= 0.6 is 11.6 Å². The second-order valence-corrected chi connectivity index (χ2v) is 4.60. The first-order chi connectivity index (χ1) is 7.77. The molecule has 1 aromatic rings. The first kappa shape index (κ1) is 9.90. The average molecular weight is 238 g/mol. The van der Waals surface area contributed by atoms with Crippen LogP contribution in [-0.2, 0) is 0 Å². The van der Waals surface area contributed by atoms with Crippen molar-refractivity contribution >= 4 is 23.4 Å². The molecule has 0 spiro atoms. The molecular weight excluding hydrogens is 226 g/mol. The lowest BCUT2D eigenvalue weighted by Gasteiger charge is -2.40. The van der Waals surface area contributed by atoms with Crippen molar-refractivity contribution in [2.45, 2.75) is 25.3 Å². The normalized spacial score (nSPS) is 23.4. The summed E-state index contributed by atoms with van der Waals surface area (Å²) in [7, 11) is 0. The minimum atomic E-state index is -0.0491. The first-order valence-corrected chi connectivity index (χ1v) is 5.87. The molecule has 1 atom stereocenters. The van der Waals surface area contributed by atoms with E-state index in [4.69, 9.17) is 11.6 Å². The number of halogens is 1. The zero-order chi connectivity index (χ0) is 11.1. The van der Waals surface area contributed by atoms with E-state index in [9.17, 15) is 4.79 Å². The van der Waals surface area contributed by atoms with Crippen LogP contribution in [0.3, 0.4) is 0 Å². The van der Waals surface area contributed by atoms with Crippen molar-refractivity contribution in [3.63, 3.8) is 0 Å². The molecule has 1 N–H and O–H groups in total. The number of carbonyl (C=O) groups is 1. The highest BCUT2D eigenvalue weighted by Crippen LogP contribution is 2.41. The molecule has 0 aromatic carbocycles. The quantitative estimate of drug-likeness (QED) is 0.754. The zero-order valence-corrected chi connectivity index (χ0v) is 9.50. The lowest BCUT2D eigenvalue weighted by molar-refractivity contribution is 0.159. The fraction of sp³-hybridized carbons (Fsp3) is 0.455. The maximum absolute atomic E-state index is 11.8. The number of urea groups is 1. The topological polar surface area (TPSA) is 45.2 Å². The number of anilines is 1. The maximum atomic E-state index is 11.8. The van der Waals surface area contributed by atoms with Gasteiger partial charge >= 0.3 is 6.03 Å². The Morgan fingerprint density at radius 3 is 3.25 bits per heavy atom. The monoisotopic (exact) mass is 237 g/mol. The van der Waals surface area contributed by atoms with Crippen LogP contribution in [0.15, 0.2) is 12.3 Å². The van der Waals surface area contributed by atoms with Crippen LogP contribution in [0.1, 0.15) is 30.9 Å². The Morgan fingerprint density at radius 2 is 2.38 bits per heavy atom. The molecule has 2 aliphatic rings. The summed E-state index contributed by atoms with van der Waals surface area (Å²) in [6.45, 7) is 0.807. The molecule has 0 aliphatic carbocycles. The second-order valence-electron chi connectivity index (χ2n) is 4.19. The number of hydrogen-bond donors (Lipinski definition) is 1. The van der Waals surface area contributed by atoms with Crippen molar-refractivity contribution in [2.75, 3.05) is 11.9 Å². The van der Waals surface area contributed by atoms with Crippen LogP contribution < -0.4 is 5.32 Å². The molecule has 0 radical (unpaired) electrons. The summed E-state index contributed by atoms with van der Waals surface area (Å²) in [5, 5.41) is 3.49. The Kier molecular flexibility index (Phi) is 2.24. The van der Waals surface area contributed by atoms with E-state index in [1.165, 1.54) is 0 Å². The van der Waals surface area contributed by atoms with Crippen molar-refractivity contribution in [3.05, 3.63) is 22.8 Å². The number of hydrogen-bond acceptors (Lipinski definition) is 2. The van der Waals surface area contributed by atoms with Gasteiger partial charge in [0.05, 0.1) is 11.1 Å². The average Bonchev–Trinajstić information content (AvgIpc) is 2.29. The highest BCUT2D eigenvalue weighted by Gasteiger charge is 2.36. The van der Waals surface area contributed by atoms with E-state index in [-0.39, 0.29) is 12.1 Å². The largest absolute Gasteiger partial charge is 0.323 e. The van der Waals surface area contributed by atoms with E-state index in [1.54, 1.807) is 12.3 Å². The van der Waals surface area contributed by atoms with Crippen LogP contribution in [-0.4, -0.2) is 22.5 Å². The molecular formula is C11H12ClN3O. The van der Waals surface area contributed by atoms with Gasteiger partial charge in [0.2, 0.25) is 0 Å². The number of carbonyl (C=O) groups excluding carboxylic acids is 1. The molecule has 0 saturated carbocycles. The van der Waals surface area contributed by atoms with E-state index in [0.29, 0.717) is 10.8 Å². The second kappa shape index (κ2) is 3.63. The van der Waals surface area contributed by atoms with Crippen LogP contribution in [0.25, 0.3) is 0 Å². The molecule has 3 rings (SSSR count). The number of aromatic nitrogens is 1. The fourth-order valence-electron chi connectivity index (χ4n) is 2.51. The number of rotatable bonds is 0. The Balaban J connectivity index is 2.11. The summed E-state index contributed by atoms with van der Waals surface area (Å²) < 4.78 is 0. The third-order valence-electron chi connectivity index (χ3n) is 3.26. The van der Waals surface area contributed by atoms with Gasteiger partial charge in [-0.05, 0) is 25.3 Å². The minimum absolute atomic E-state index is 0.0491. The fourth-order valence-corrected chi connectivity index (χ4v) is 2.79. The van der Waals surface area contributed by atoms with E-state index < -0.39 is 0 Å². The standard InChI is InChI=1S/C11H12ClN3O/c12-7-4-5-13-10-9(7)8-3-1-2-6-15(8)11(16)14-10/h4-5,8H,1-3,6H2,(H,13,14,16). The molecule has 5 heteroatoms. The van der Waals surface area contributed by atoms with Crippen molar-refractivity contribution in [3.8, 4) is 0 Å². The molecule has 84 valence electrons. The van der Waals surface area contributed by atoms with Crippen molar-refractivity contribution in [1.82, 2.24) is 9.88 Å². The van der Waals surface area contributed by atoms with Gasteiger partial charge in [0.25, 0.3) is 0 Å². The summed E-state index contributed by atoms with van der Waals surface area (Å²) >= 11 is 6.19. The molecule has 2 aliphatic heterocycles. The van der Waals surface area contributed by atoms with Gasteiger partial charge < -0.3 is 4.90 Å². The van der Waals surface area contributed by atoms with Crippen LogP contribution in [0, 0.1) is 0 Å². The third kappa shape index (κ3) is 1.37. The lowest BCUT2D eigenvalue weighted by Crippen LogP contribution is -2.45. The Labute approximate surface area is 98.6 Å². The molecule has 3 heterocycles. The SMILES string of the molecule is O=C1Nc2nccc(Cl)c2C2CCCCN12. The molecule has 1 fully saturated rings. The van der Waals surface area contributed by atoms with Gasteiger partial charge in [-0.25, -0.2) is 9.78 Å². The number of fused-ring (bicyclic) bond motifs is 3. The van der Waals surface area contributed by atoms with Crippen LogP contribution in [0.5, 0.6) is 0 Å². The van der Waals surface area contributed by atoms with Gasteiger partial charge in [-0.3, -0.25) is 5.32 Å². The Hall–Kier alpha value is -1.29. The summed E-state index contributed by atoms with van der Waals surface area (Å²) in [5.41, 5.74) is 0.975. The first-order valence-electron chi connectivity index (χ1n) is 5.49. The van der Waals surface area contributed by atoms with Crippen molar-refractivity contribution in [2.24, 2.45) is 0 Å². The van der Waals surface area contributed by atoms with Gasteiger partial charge in [-0.1, -0.05) is 11.6 Å². The van der Waals surface area contributed by atoms with E-state index in [1.807, 2.05) is 4.90 Å². The van der Waals surface area contributed by atoms with Gasteiger partial charge in [0.15, 0.2) is 0 Å². The number of nitrogens with one attached hydrogen (secondary N) is 1. The van der Waals surface area contributed by atoms with E-state index in [2.05, 4.69) is 10.3 Å². The van der Waals surface area contributed by atoms with Crippen LogP contribution in [0.2, 0.25) is 5.02 Å². The predicted molar refractivity (Wildman–Crippen MR) is 61.6 cm³/mol. The lowest BCUT2D eigenvalue weighted by atomic mass is 9.94. The van der Waals surface area contributed by atoms with Crippen molar-refractivity contribution < 1.29 is 4.79 Å². The smallest absolute Gasteiger partial charge is 0.317 e. The summed E-state index contributed by atoms with van der Waals surface area (Å²) in [5.74, 6) is 0.626. The summed E-state index contributed by atoms with van der Waals surface area (Å²) in [6.07, 6.45) is 4.81. The van der Waals surface area contributed by atoms with Gasteiger partial charge in [0.1, 0.15) is 5.82 Å². The minimum Gasteiger partial charge on any atom is -0.317 e. The third-order valence-corrected chi connectivity index (χ3v) is 3.59. The highest BCUT2D eigenvalue weighted by molar-refractivity contribution is 6.32. The summed E-state index contributed by atoms with van der Waals surface area (Å²) in [6, 6.07) is 1.84.